The van der Waals surface area contributed by atoms with E-state index < -0.39 is 83.0 Å². The van der Waals surface area contributed by atoms with Crippen LogP contribution in [-0.2, 0) is 27.0 Å². The minimum atomic E-state index is -4.85. The zero-order valence-electron chi connectivity index (χ0n) is 28.3. The molecule has 2 atom stereocenters. The standard InChI is InChI=1S/C35H35F8N5O5/c1-33-9-2-10-48(33)47(19-21-3-7-25(29(37)28(21)36)53-16-13-46-11-14-52-15-12-46)32(51)27(30(33)49)31(50)45-24-6-5-22(34(38,39)40)17-23(24)20-4-8-26(44-18-20)35(41,42)43/h3-8,17,20,49H,2,9-16,18-19H2,1H3,(H,45,50). The van der Waals surface area contributed by atoms with Gasteiger partial charge in [0, 0.05) is 43.3 Å². The minimum Gasteiger partial charge on any atom is -0.509 e. The molecular formula is C35H35F8N5O5. The van der Waals surface area contributed by atoms with Crippen LogP contribution in [-0.4, -0.2) is 102 Å². The SMILES string of the molecule is CC12CCCN1N(Cc1ccc(OCCN3CCOCC3)c(F)c1F)C(=O)C(C(=O)Nc1ccc(C(F)(F)F)cc1C1C=CC(C(F)(F)F)=NC1)=C2O. The number of aliphatic imine (C=N–C) groups is 1. The van der Waals surface area contributed by atoms with Crippen LogP contribution in [0.25, 0.3) is 0 Å². The van der Waals surface area contributed by atoms with Gasteiger partial charge >= 0.3 is 12.4 Å². The number of nitrogens with one attached hydrogen (secondary N) is 1. The highest BCUT2D eigenvalue weighted by Crippen LogP contribution is 2.43. The molecule has 4 aliphatic heterocycles. The van der Waals surface area contributed by atoms with E-state index >= 15 is 8.78 Å². The molecule has 2 saturated heterocycles. The van der Waals surface area contributed by atoms with Crippen LogP contribution in [0, 0.1) is 11.6 Å². The Kier molecular flexibility index (Phi) is 10.6. The van der Waals surface area contributed by atoms with Crippen LogP contribution in [0.1, 0.15) is 42.4 Å². The minimum absolute atomic E-state index is 0.0779. The fourth-order valence-corrected chi connectivity index (χ4v) is 6.87. The maximum Gasteiger partial charge on any atom is 0.432 e. The predicted molar refractivity (Wildman–Crippen MR) is 174 cm³/mol. The summed E-state index contributed by atoms with van der Waals surface area (Å²) in [5, 5.41) is 16.2. The molecule has 0 saturated carbocycles. The normalized spacial score (nSPS) is 23.0. The third-order valence-electron chi connectivity index (χ3n) is 9.79. The van der Waals surface area contributed by atoms with E-state index in [0.717, 1.165) is 17.2 Å². The molecule has 4 aliphatic rings. The van der Waals surface area contributed by atoms with Crippen LogP contribution in [0.4, 0.5) is 40.8 Å². The van der Waals surface area contributed by atoms with Gasteiger partial charge in [-0.15, -0.1) is 0 Å². The van der Waals surface area contributed by atoms with Gasteiger partial charge in [-0.1, -0.05) is 12.1 Å². The number of rotatable bonds is 9. The summed E-state index contributed by atoms with van der Waals surface area (Å²) in [5.74, 6) is -7.03. The summed E-state index contributed by atoms with van der Waals surface area (Å²) in [4.78, 5) is 33.3. The second-order valence-electron chi connectivity index (χ2n) is 13.2. The molecule has 2 aromatic carbocycles. The van der Waals surface area contributed by atoms with Crippen molar-refractivity contribution in [2.45, 2.75) is 50.1 Å². The molecular weight excluding hydrogens is 722 g/mol. The monoisotopic (exact) mass is 757 g/mol. The zero-order valence-corrected chi connectivity index (χ0v) is 28.3. The molecule has 53 heavy (non-hydrogen) atoms. The number of fused-ring (bicyclic) bond motifs is 1. The number of nitrogens with zero attached hydrogens (tertiary/aromatic N) is 4. The number of hydrogen-bond acceptors (Lipinski definition) is 8. The summed E-state index contributed by atoms with van der Waals surface area (Å²) < 4.78 is 122. The van der Waals surface area contributed by atoms with Crippen LogP contribution in [0.3, 0.4) is 0 Å². The molecule has 2 unspecified atom stereocenters. The Morgan fingerprint density at radius 1 is 1.06 bits per heavy atom. The Balaban J connectivity index is 1.25. The molecule has 0 bridgehead atoms. The molecule has 0 spiro atoms. The van der Waals surface area contributed by atoms with Gasteiger partial charge in [-0.05, 0) is 55.7 Å². The molecule has 0 aromatic heterocycles. The molecule has 18 heteroatoms. The van der Waals surface area contributed by atoms with Gasteiger partial charge in [0.05, 0.1) is 37.4 Å². The lowest BCUT2D eigenvalue weighted by Gasteiger charge is -2.46. The number of hydrogen-bond donors (Lipinski definition) is 2. The number of carbonyl (C=O) groups excluding carboxylic acids is 2. The molecule has 4 heterocycles. The number of anilines is 1. The summed E-state index contributed by atoms with van der Waals surface area (Å²) in [5.41, 5.74) is -5.31. The van der Waals surface area contributed by atoms with Crippen molar-refractivity contribution in [3.8, 4) is 5.75 Å². The molecule has 0 aliphatic carbocycles. The lowest BCUT2D eigenvalue weighted by molar-refractivity contribution is -0.160. The molecule has 286 valence electrons. The van der Waals surface area contributed by atoms with Crippen LogP contribution in [0.5, 0.6) is 5.75 Å². The van der Waals surface area contributed by atoms with Gasteiger partial charge in [0.25, 0.3) is 11.8 Å². The third-order valence-corrected chi connectivity index (χ3v) is 9.79. The largest absolute Gasteiger partial charge is 0.509 e. The molecule has 10 nitrogen and oxygen atoms in total. The molecule has 2 fully saturated rings. The van der Waals surface area contributed by atoms with Gasteiger partial charge in [-0.2, -0.15) is 30.7 Å². The number of hydrazine groups is 1. The maximum atomic E-state index is 15.5. The van der Waals surface area contributed by atoms with Crippen LogP contribution < -0.4 is 10.1 Å². The third kappa shape index (κ3) is 7.75. The summed E-state index contributed by atoms with van der Waals surface area (Å²) in [6.07, 6.45) is -7.33. The van der Waals surface area contributed by atoms with E-state index in [2.05, 4.69) is 10.3 Å². The Morgan fingerprint density at radius 2 is 1.79 bits per heavy atom. The molecule has 2 N–H and O–H groups in total. The van der Waals surface area contributed by atoms with Crippen molar-refractivity contribution < 1.29 is 59.3 Å². The number of benzene rings is 2. The average Bonchev–Trinajstić information content (AvgIpc) is 3.52. The Bertz CT molecular complexity index is 1860. The Morgan fingerprint density at radius 3 is 2.45 bits per heavy atom. The lowest BCUT2D eigenvalue weighted by Crippen LogP contribution is -2.60. The fraction of sp³-hybridized carbons (Fsp3) is 0.457. The first-order valence-corrected chi connectivity index (χ1v) is 16.7. The second-order valence-corrected chi connectivity index (χ2v) is 13.2. The second kappa shape index (κ2) is 14.7. The van der Waals surface area contributed by atoms with E-state index in [1.807, 2.05) is 4.90 Å². The highest BCUT2D eigenvalue weighted by atomic mass is 19.4. The van der Waals surface area contributed by atoms with Gasteiger partial charge in [-0.25, -0.2) is 9.40 Å². The first-order chi connectivity index (χ1) is 25.0. The number of aliphatic hydroxyl groups excluding tert-OH is 1. The number of alkyl halides is 6. The maximum absolute atomic E-state index is 15.5. The quantitative estimate of drug-likeness (QED) is 0.242. The zero-order chi connectivity index (χ0) is 38.3. The van der Waals surface area contributed by atoms with Crippen molar-refractivity contribution in [3.05, 3.63) is 82.1 Å². The topological polar surface area (TPSA) is 107 Å². The van der Waals surface area contributed by atoms with E-state index in [1.54, 1.807) is 0 Å². The highest BCUT2D eigenvalue weighted by Gasteiger charge is 2.53. The van der Waals surface area contributed by atoms with E-state index in [4.69, 9.17) is 9.47 Å². The van der Waals surface area contributed by atoms with Crippen molar-refractivity contribution in [2.24, 2.45) is 4.99 Å². The molecule has 2 aromatic rings. The number of carbonyl (C=O) groups is 2. The van der Waals surface area contributed by atoms with Gasteiger partial charge in [0.2, 0.25) is 5.82 Å². The fourth-order valence-electron chi connectivity index (χ4n) is 6.87. The van der Waals surface area contributed by atoms with Crippen molar-refractivity contribution in [1.82, 2.24) is 14.9 Å². The van der Waals surface area contributed by atoms with Crippen LogP contribution in [0.15, 0.2) is 58.8 Å². The summed E-state index contributed by atoms with van der Waals surface area (Å²) in [7, 11) is 0. The molecule has 0 radical (unpaired) electrons. The van der Waals surface area contributed by atoms with E-state index in [9.17, 15) is 41.0 Å². The number of dihydropyridines is 1. The number of allylic oxidation sites excluding steroid dienone is 1. The van der Waals surface area contributed by atoms with Crippen LogP contribution >= 0.6 is 0 Å². The number of amides is 2. The van der Waals surface area contributed by atoms with E-state index in [0.29, 0.717) is 57.5 Å². The predicted octanol–water partition coefficient (Wildman–Crippen LogP) is 5.91. The van der Waals surface area contributed by atoms with Crippen molar-refractivity contribution in [3.63, 3.8) is 0 Å². The number of halogens is 8. The lowest BCUT2D eigenvalue weighted by atomic mass is 9.90. The molecule has 6 rings (SSSR count). The van der Waals surface area contributed by atoms with Gasteiger partial charge in [-0.3, -0.25) is 24.5 Å². The van der Waals surface area contributed by atoms with E-state index in [1.165, 1.54) is 24.1 Å². The van der Waals surface area contributed by atoms with E-state index in [-0.39, 0.29) is 42.1 Å². The summed E-state index contributed by atoms with van der Waals surface area (Å²) >= 11 is 0. The van der Waals surface area contributed by atoms with Crippen LogP contribution in [0.2, 0.25) is 0 Å². The van der Waals surface area contributed by atoms with Gasteiger partial charge < -0.3 is 19.9 Å². The summed E-state index contributed by atoms with van der Waals surface area (Å²) in [6.45, 7) is 3.57. The van der Waals surface area contributed by atoms with Crippen molar-refractivity contribution >= 4 is 23.2 Å². The van der Waals surface area contributed by atoms with Gasteiger partial charge in [0.1, 0.15) is 23.7 Å². The number of morpholine rings is 1. The Hall–Kier alpha value is -4.55. The molecule has 2 amide bonds. The average molecular weight is 758 g/mol. The smallest absolute Gasteiger partial charge is 0.432 e. The van der Waals surface area contributed by atoms with Crippen molar-refractivity contribution in [1.29, 1.82) is 0 Å². The summed E-state index contributed by atoms with van der Waals surface area (Å²) in [6, 6.07) is 4.66. The van der Waals surface area contributed by atoms with Gasteiger partial charge in [0.15, 0.2) is 11.6 Å². The Labute approximate surface area is 298 Å². The first-order valence-electron chi connectivity index (χ1n) is 16.7. The first kappa shape index (κ1) is 38.2. The number of aliphatic hydroxyl groups is 1. The van der Waals surface area contributed by atoms with Crippen molar-refractivity contribution in [2.75, 3.05) is 57.9 Å². The number of ether oxygens (including phenoxy) is 2. The highest BCUT2D eigenvalue weighted by molar-refractivity contribution is 6.23.